The fourth-order valence-corrected chi connectivity index (χ4v) is 3.35. The van der Waals surface area contributed by atoms with E-state index >= 15 is 0 Å². The van der Waals surface area contributed by atoms with Crippen LogP contribution in [-0.4, -0.2) is 33.8 Å². The maximum atomic E-state index is 13.1. The minimum atomic E-state index is -0.746. The number of rotatable bonds is 5. The molecule has 2 aromatic rings. The summed E-state index contributed by atoms with van der Waals surface area (Å²) in [6.45, 7) is 5.49. The third-order valence-corrected chi connectivity index (χ3v) is 4.76. The summed E-state index contributed by atoms with van der Waals surface area (Å²) in [5.41, 5.74) is 0.817. The van der Waals surface area contributed by atoms with Crippen LogP contribution in [0.2, 0.25) is 0 Å². The fraction of sp³-hybridized carbons (Fsp3) is 0.318. The summed E-state index contributed by atoms with van der Waals surface area (Å²) >= 11 is 0. The molecule has 0 saturated carbocycles. The summed E-state index contributed by atoms with van der Waals surface area (Å²) in [6, 6.07) is 10.2. The smallest absolute Gasteiger partial charge is 0.290 e. The van der Waals surface area contributed by atoms with Gasteiger partial charge >= 0.3 is 0 Å². The number of hydrogen-bond donors (Lipinski definition) is 1. The van der Waals surface area contributed by atoms with E-state index in [1.54, 1.807) is 52.4 Å². The summed E-state index contributed by atoms with van der Waals surface area (Å²) in [4.78, 5) is 31.6. The number of para-hydroxylation sites is 1. The molecule has 1 atom stereocenters. The summed E-state index contributed by atoms with van der Waals surface area (Å²) in [5, 5.41) is 10.6. The van der Waals surface area contributed by atoms with Crippen LogP contribution in [0.1, 0.15) is 37.9 Å². The number of Topliss-reactive ketones (excluding diaryl/α,β-unsaturated/α-hetero) is 1. The summed E-state index contributed by atoms with van der Waals surface area (Å²) in [6.07, 6.45) is 3.24. The molecule has 1 aromatic carbocycles. The zero-order valence-electron chi connectivity index (χ0n) is 16.5. The number of nitrogens with zero attached hydrogens (tertiary/aromatic N) is 2. The Balaban J connectivity index is 2.10. The van der Waals surface area contributed by atoms with Crippen molar-refractivity contribution < 1.29 is 19.4 Å². The van der Waals surface area contributed by atoms with Crippen molar-refractivity contribution in [3.8, 4) is 5.75 Å². The Morgan fingerprint density at radius 2 is 1.93 bits per heavy atom. The number of pyridine rings is 1. The van der Waals surface area contributed by atoms with Gasteiger partial charge in [0.25, 0.3) is 5.91 Å². The molecule has 0 aliphatic carbocycles. The monoisotopic (exact) mass is 380 g/mol. The highest BCUT2D eigenvalue weighted by atomic mass is 16.5. The molecule has 0 bridgehead atoms. The van der Waals surface area contributed by atoms with Gasteiger partial charge in [0.05, 0.1) is 25.3 Å². The lowest BCUT2D eigenvalue weighted by atomic mass is 9.82. The van der Waals surface area contributed by atoms with E-state index in [-0.39, 0.29) is 17.9 Å². The predicted molar refractivity (Wildman–Crippen MR) is 105 cm³/mol. The standard InChI is InChI=1S/C22H24N2O4/c1-22(2,3)20(26)17-18(14-9-7-11-23-12-14)24(21(27)19(17)25)13-15-8-5-6-10-16(15)28-4/h5-12,18,25H,13H2,1-4H3. The van der Waals surface area contributed by atoms with Crippen molar-refractivity contribution >= 4 is 11.7 Å². The number of carbonyl (C=O) groups excluding carboxylic acids is 2. The number of amides is 1. The van der Waals surface area contributed by atoms with Gasteiger partial charge in [-0.25, -0.2) is 0 Å². The lowest BCUT2D eigenvalue weighted by molar-refractivity contribution is -0.130. The summed E-state index contributed by atoms with van der Waals surface area (Å²) in [7, 11) is 1.56. The van der Waals surface area contributed by atoms with Crippen LogP contribution in [0.15, 0.2) is 60.1 Å². The van der Waals surface area contributed by atoms with Gasteiger partial charge in [0, 0.05) is 23.4 Å². The van der Waals surface area contributed by atoms with Crippen molar-refractivity contribution in [2.45, 2.75) is 33.4 Å². The molecule has 1 amide bonds. The number of ketones is 1. The van der Waals surface area contributed by atoms with Gasteiger partial charge in [0.15, 0.2) is 11.5 Å². The van der Waals surface area contributed by atoms with Gasteiger partial charge in [0.2, 0.25) is 0 Å². The Hall–Kier alpha value is -3.15. The Morgan fingerprint density at radius 3 is 2.54 bits per heavy atom. The van der Waals surface area contributed by atoms with Gasteiger partial charge in [-0.1, -0.05) is 45.0 Å². The molecule has 2 heterocycles. The first-order valence-electron chi connectivity index (χ1n) is 9.06. The second-order valence-electron chi connectivity index (χ2n) is 7.78. The first-order valence-corrected chi connectivity index (χ1v) is 9.06. The van der Waals surface area contributed by atoms with Crippen LogP contribution in [-0.2, 0) is 16.1 Å². The average molecular weight is 380 g/mol. The number of benzene rings is 1. The number of carbonyl (C=O) groups is 2. The van der Waals surface area contributed by atoms with E-state index in [4.69, 9.17) is 4.74 Å². The topological polar surface area (TPSA) is 79.7 Å². The van der Waals surface area contributed by atoms with Crippen LogP contribution in [0.3, 0.4) is 0 Å². The van der Waals surface area contributed by atoms with Crippen molar-refractivity contribution in [3.05, 3.63) is 71.3 Å². The minimum absolute atomic E-state index is 0.111. The van der Waals surface area contributed by atoms with Crippen molar-refractivity contribution in [3.63, 3.8) is 0 Å². The SMILES string of the molecule is COc1ccccc1CN1C(=O)C(O)=C(C(=O)C(C)(C)C)C1c1cccnc1. The van der Waals surface area contributed by atoms with Crippen LogP contribution in [0.5, 0.6) is 5.75 Å². The molecule has 146 valence electrons. The molecule has 28 heavy (non-hydrogen) atoms. The first kappa shape index (κ1) is 19.6. The van der Waals surface area contributed by atoms with E-state index in [1.165, 1.54) is 4.90 Å². The van der Waals surface area contributed by atoms with E-state index in [0.717, 1.165) is 5.56 Å². The largest absolute Gasteiger partial charge is 0.503 e. The van der Waals surface area contributed by atoms with Gasteiger partial charge in [-0.15, -0.1) is 0 Å². The Bertz CT molecular complexity index is 929. The minimum Gasteiger partial charge on any atom is -0.503 e. The molecule has 1 aliphatic rings. The van der Waals surface area contributed by atoms with Crippen LogP contribution < -0.4 is 4.74 Å². The Morgan fingerprint density at radius 1 is 1.21 bits per heavy atom. The molecule has 6 nitrogen and oxygen atoms in total. The fourth-order valence-electron chi connectivity index (χ4n) is 3.35. The van der Waals surface area contributed by atoms with Gasteiger partial charge < -0.3 is 14.7 Å². The molecular formula is C22H24N2O4. The Labute approximate surface area is 164 Å². The van der Waals surface area contributed by atoms with E-state index < -0.39 is 23.1 Å². The quantitative estimate of drug-likeness (QED) is 0.857. The van der Waals surface area contributed by atoms with E-state index in [2.05, 4.69) is 4.98 Å². The van der Waals surface area contributed by atoms with Crippen molar-refractivity contribution in [2.75, 3.05) is 7.11 Å². The highest BCUT2D eigenvalue weighted by Gasteiger charge is 2.46. The molecule has 0 fully saturated rings. The van der Waals surface area contributed by atoms with Gasteiger partial charge in [-0.3, -0.25) is 14.6 Å². The molecule has 1 aliphatic heterocycles. The average Bonchev–Trinajstić information content (AvgIpc) is 2.92. The molecule has 1 N–H and O–H groups in total. The van der Waals surface area contributed by atoms with Crippen LogP contribution >= 0.6 is 0 Å². The second kappa shape index (κ2) is 7.46. The predicted octanol–water partition coefficient (Wildman–Crippen LogP) is 3.60. The molecule has 0 saturated heterocycles. The van der Waals surface area contributed by atoms with E-state index in [1.807, 2.05) is 24.3 Å². The maximum Gasteiger partial charge on any atom is 0.290 e. The van der Waals surface area contributed by atoms with Crippen molar-refractivity contribution in [1.82, 2.24) is 9.88 Å². The van der Waals surface area contributed by atoms with Crippen molar-refractivity contribution in [2.24, 2.45) is 5.41 Å². The lowest BCUT2D eigenvalue weighted by Crippen LogP contribution is -2.32. The number of aromatic nitrogens is 1. The number of methoxy groups -OCH3 is 1. The zero-order chi connectivity index (χ0) is 20.5. The first-order chi connectivity index (χ1) is 13.3. The maximum absolute atomic E-state index is 13.1. The zero-order valence-corrected chi connectivity index (χ0v) is 16.5. The van der Waals surface area contributed by atoms with Crippen molar-refractivity contribution in [1.29, 1.82) is 0 Å². The second-order valence-corrected chi connectivity index (χ2v) is 7.78. The van der Waals surface area contributed by atoms with E-state index in [9.17, 15) is 14.7 Å². The third kappa shape index (κ3) is 3.50. The molecule has 0 spiro atoms. The van der Waals surface area contributed by atoms with Crippen LogP contribution in [0.25, 0.3) is 0 Å². The Kier molecular flexibility index (Phi) is 5.23. The van der Waals surface area contributed by atoms with Crippen LogP contribution in [0, 0.1) is 5.41 Å². The molecule has 3 rings (SSSR count). The summed E-state index contributed by atoms with van der Waals surface area (Å²) < 4.78 is 5.39. The normalized spacial score (nSPS) is 17.2. The number of aliphatic hydroxyl groups is 1. The molecular weight excluding hydrogens is 356 g/mol. The number of ether oxygens (including phenoxy) is 1. The summed E-state index contributed by atoms with van der Waals surface area (Å²) in [5.74, 6) is -0.707. The van der Waals surface area contributed by atoms with Crippen LogP contribution in [0.4, 0.5) is 0 Å². The molecule has 0 radical (unpaired) electrons. The van der Waals surface area contributed by atoms with Gasteiger partial charge in [-0.2, -0.15) is 0 Å². The molecule has 1 unspecified atom stereocenters. The van der Waals surface area contributed by atoms with E-state index in [0.29, 0.717) is 11.3 Å². The lowest BCUT2D eigenvalue weighted by Gasteiger charge is -2.29. The van der Waals surface area contributed by atoms with Gasteiger partial charge in [-0.05, 0) is 17.7 Å². The number of hydrogen-bond acceptors (Lipinski definition) is 5. The van der Waals surface area contributed by atoms with Gasteiger partial charge in [0.1, 0.15) is 5.75 Å². The highest BCUT2D eigenvalue weighted by molar-refractivity contribution is 6.10. The molecule has 6 heteroatoms. The highest BCUT2D eigenvalue weighted by Crippen LogP contribution is 2.41. The molecule has 1 aromatic heterocycles. The number of aliphatic hydroxyl groups excluding tert-OH is 1. The third-order valence-electron chi connectivity index (χ3n) is 4.76.